The van der Waals surface area contributed by atoms with Crippen molar-refractivity contribution in [3.8, 4) is 0 Å². The lowest BCUT2D eigenvalue weighted by atomic mass is 9.84. The molecule has 0 spiro atoms. The second kappa shape index (κ2) is 6.86. The van der Waals surface area contributed by atoms with Crippen LogP contribution in [-0.2, 0) is 16.1 Å². The van der Waals surface area contributed by atoms with Gasteiger partial charge in [-0.2, -0.15) is 0 Å². The molecule has 2 unspecified atom stereocenters. The van der Waals surface area contributed by atoms with Crippen molar-refractivity contribution in [3.63, 3.8) is 0 Å². The molecule has 1 aliphatic heterocycles. The quantitative estimate of drug-likeness (QED) is 0.835. The Morgan fingerprint density at radius 1 is 1.45 bits per heavy atom. The number of nitrogens with two attached hydrogens (primary N) is 1. The summed E-state index contributed by atoms with van der Waals surface area (Å²) in [4.78, 5) is 12.0. The minimum Gasteiger partial charge on any atom is -0.378 e. The number of amides is 1. The molecule has 0 aromatic heterocycles. The van der Waals surface area contributed by atoms with E-state index in [4.69, 9.17) is 10.5 Å². The van der Waals surface area contributed by atoms with Crippen LogP contribution < -0.4 is 11.1 Å². The Hall–Kier alpha value is -1.39. The van der Waals surface area contributed by atoms with Crippen molar-refractivity contribution in [1.29, 1.82) is 0 Å². The average Bonchev–Trinajstić information content (AvgIpc) is 2.47. The Bertz CT molecular complexity index is 433. The van der Waals surface area contributed by atoms with Gasteiger partial charge in [0.2, 0.25) is 5.91 Å². The van der Waals surface area contributed by atoms with Crippen molar-refractivity contribution in [2.45, 2.75) is 50.8 Å². The van der Waals surface area contributed by atoms with E-state index in [2.05, 4.69) is 12.2 Å². The summed E-state index contributed by atoms with van der Waals surface area (Å²) in [5.41, 5.74) is 6.20. The Kier molecular flexibility index (Phi) is 5.15. The first kappa shape index (κ1) is 15.0. The average molecular weight is 276 g/mol. The first-order valence-electron chi connectivity index (χ1n) is 7.37. The smallest absolute Gasteiger partial charge is 0.237 e. The standard InChI is InChI=1S/C16H24N2O2/c1-2-6-14-11-16(15(17)19,9-10-20-14)18-12-13-7-4-3-5-8-13/h3-5,7-8,14,18H,2,6,9-12H2,1H3,(H2,17,19). The van der Waals surface area contributed by atoms with E-state index < -0.39 is 5.54 Å². The molecule has 2 atom stereocenters. The number of carbonyl (C=O) groups is 1. The normalized spacial score (nSPS) is 26.4. The van der Waals surface area contributed by atoms with Crippen LogP contribution in [0.2, 0.25) is 0 Å². The van der Waals surface area contributed by atoms with E-state index in [0.717, 1.165) is 18.4 Å². The molecule has 110 valence electrons. The molecule has 0 bridgehead atoms. The SMILES string of the molecule is CCCC1CC(NCc2ccccc2)(C(N)=O)CCO1. The van der Waals surface area contributed by atoms with E-state index >= 15 is 0 Å². The van der Waals surface area contributed by atoms with Gasteiger partial charge < -0.3 is 10.5 Å². The van der Waals surface area contributed by atoms with E-state index in [1.807, 2.05) is 30.3 Å². The summed E-state index contributed by atoms with van der Waals surface area (Å²) in [5.74, 6) is -0.266. The van der Waals surface area contributed by atoms with Crippen molar-refractivity contribution in [1.82, 2.24) is 5.32 Å². The highest BCUT2D eigenvalue weighted by Crippen LogP contribution is 2.27. The molecule has 1 aliphatic rings. The van der Waals surface area contributed by atoms with Gasteiger partial charge in [0, 0.05) is 19.6 Å². The summed E-state index contributed by atoms with van der Waals surface area (Å²) in [6, 6.07) is 10.1. The molecule has 0 aliphatic carbocycles. The van der Waals surface area contributed by atoms with Gasteiger partial charge in [-0.1, -0.05) is 43.7 Å². The molecule has 0 radical (unpaired) electrons. The van der Waals surface area contributed by atoms with Crippen molar-refractivity contribution < 1.29 is 9.53 Å². The number of nitrogens with one attached hydrogen (secondary N) is 1. The predicted octanol–water partition coefficient (Wildman–Crippen LogP) is 1.98. The molecule has 0 saturated carbocycles. The summed E-state index contributed by atoms with van der Waals surface area (Å²) in [6.45, 7) is 3.37. The summed E-state index contributed by atoms with van der Waals surface area (Å²) in [5, 5.41) is 3.38. The summed E-state index contributed by atoms with van der Waals surface area (Å²) >= 11 is 0. The zero-order chi connectivity index (χ0) is 14.4. The maximum atomic E-state index is 12.0. The molecule has 1 saturated heterocycles. The Labute approximate surface area is 120 Å². The number of primary amides is 1. The molecular weight excluding hydrogens is 252 g/mol. The van der Waals surface area contributed by atoms with Crippen LogP contribution >= 0.6 is 0 Å². The van der Waals surface area contributed by atoms with E-state index in [-0.39, 0.29) is 12.0 Å². The fourth-order valence-electron chi connectivity index (χ4n) is 2.80. The van der Waals surface area contributed by atoms with Crippen LogP contribution in [0.5, 0.6) is 0 Å². The third-order valence-electron chi connectivity index (χ3n) is 4.01. The van der Waals surface area contributed by atoms with Gasteiger partial charge in [0.25, 0.3) is 0 Å². The van der Waals surface area contributed by atoms with Gasteiger partial charge in [-0.15, -0.1) is 0 Å². The third-order valence-corrected chi connectivity index (χ3v) is 4.01. The van der Waals surface area contributed by atoms with Gasteiger partial charge in [0.05, 0.1) is 6.10 Å². The Morgan fingerprint density at radius 2 is 2.20 bits per heavy atom. The zero-order valence-electron chi connectivity index (χ0n) is 12.1. The van der Waals surface area contributed by atoms with Crippen LogP contribution in [0.1, 0.15) is 38.2 Å². The van der Waals surface area contributed by atoms with Crippen LogP contribution in [-0.4, -0.2) is 24.2 Å². The molecule has 4 nitrogen and oxygen atoms in total. The van der Waals surface area contributed by atoms with E-state index in [1.165, 1.54) is 0 Å². The molecule has 1 heterocycles. The Balaban J connectivity index is 2.03. The third kappa shape index (κ3) is 3.58. The topological polar surface area (TPSA) is 64.3 Å². The van der Waals surface area contributed by atoms with Crippen LogP contribution in [0, 0.1) is 0 Å². The van der Waals surface area contributed by atoms with Crippen LogP contribution in [0.3, 0.4) is 0 Å². The predicted molar refractivity (Wildman–Crippen MR) is 79.1 cm³/mol. The summed E-state index contributed by atoms with van der Waals surface area (Å²) < 4.78 is 5.73. The zero-order valence-corrected chi connectivity index (χ0v) is 12.1. The fraction of sp³-hybridized carbons (Fsp3) is 0.562. The summed E-state index contributed by atoms with van der Waals surface area (Å²) in [7, 11) is 0. The van der Waals surface area contributed by atoms with Crippen LogP contribution in [0.25, 0.3) is 0 Å². The van der Waals surface area contributed by atoms with Gasteiger partial charge in [-0.25, -0.2) is 0 Å². The van der Waals surface area contributed by atoms with Crippen LogP contribution in [0.4, 0.5) is 0 Å². The molecule has 20 heavy (non-hydrogen) atoms. The lowest BCUT2D eigenvalue weighted by Crippen LogP contribution is -2.59. The van der Waals surface area contributed by atoms with Crippen molar-refractivity contribution in [2.75, 3.05) is 6.61 Å². The second-order valence-corrected chi connectivity index (χ2v) is 5.52. The monoisotopic (exact) mass is 276 g/mol. The van der Waals surface area contributed by atoms with Gasteiger partial charge in [0.1, 0.15) is 5.54 Å². The summed E-state index contributed by atoms with van der Waals surface area (Å²) in [6.07, 6.45) is 3.48. The first-order chi connectivity index (χ1) is 9.66. The lowest BCUT2D eigenvalue weighted by Gasteiger charge is -2.39. The molecule has 2 rings (SSSR count). The second-order valence-electron chi connectivity index (χ2n) is 5.52. The molecule has 1 amide bonds. The number of rotatable bonds is 6. The Morgan fingerprint density at radius 3 is 2.85 bits per heavy atom. The van der Waals surface area contributed by atoms with Gasteiger partial charge in [-0.3, -0.25) is 10.1 Å². The lowest BCUT2D eigenvalue weighted by molar-refractivity contribution is -0.131. The minimum atomic E-state index is -0.631. The molecular formula is C16H24N2O2. The van der Waals surface area contributed by atoms with Crippen molar-refractivity contribution >= 4 is 5.91 Å². The van der Waals surface area contributed by atoms with Gasteiger partial charge in [-0.05, 0) is 18.4 Å². The molecule has 3 N–H and O–H groups in total. The fourth-order valence-corrected chi connectivity index (χ4v) is 2.80. The van der Waals surface area contributed by atoms with Gasteiger partial charge in [0.15, 0.2) is 0 Å². The van der Waals surface area contributed by atoms with Crippen LogP contribution in [0.15, 0.2) is 30.3 Å². The molecule has 1 fully saturated rings. The first-order valence-corrected chi connectivity index (χ1v) is 7.37. The highest BCUT2D eigenvalue weighted by molar-refractivity contribution is 5.84. The maximum absolute atomic E-state index is 12.0. The number of carbonyl (C=O) groups excluding carboxylic acids is 1. The minimum absolute atomic E-state index is 0.129. The molecule has 1 aromatic carbocycles. The number of hydrogen-bond acceptors (Lipinski definition) is 3. The van der Waals surface area contributed by atoms with Crippen molar-refractivity contribution in [3.05, 3.63) is 35.9 Å². The van der Waals surface area contributed by atoms with Crippen molar-refractivity contribution in [2.24, 2.45) is 5.73 Å². The number of hydrogen-bond donors (Lipinski definition) is 2. The van der Waals surface area contributed by atoms with E-state index in [0.29, 0.717) is 26.0 Å². The maximum Gasteiger partial charge on any atom is 0.237 e. The number of benzene rings is 1. The highest BCUT2D eigenvalue weighted by Gasteiger charge is 2.41. The molecule has 1 aromatic rings. The molecule has 4 heteroatoms. The van der Waals surface area contributed by atoms with Gasteiger partial charge >= 0.3 is 0 Å². The number of ether oxygens (including phenoxy) is 1. The largest absolute Gasteiger partial charge is 0.378 e. The highest BCUT2D eigenvalue weighted by atomic mass is 16.5. The van der Waals surface area contributed by atoms with E-state index in [9.17, 15) is 4.79 Å². The van der Waals surface area contributed by atoms with E-state index in [1.54, 1.807) is 0 Å².